The normalized spacial score (nSPS) is 26.3. The van der Waals surface area contributed by atoms with Crippen LogP contribution in [0.25, 0.3) is 0 Å². The topological polar surface area (TPSA) is 86.4 Å². The van der Waals surface area contributed by atoms with Gasteiger partial charge in [-0.15, -0.1) is 0 Å². The summed E-state index contributed by atoms with van der Waals surface area (Å²) >= 11 is 0. The molecule has 2 fully saturated rings. The quantitative estimate of drug-likeness (QED) is 0.491. The molecule has 1 aromatic carbocycles. The fourth-order valence-electron chi connectivity index (χ4n) is 5.95. The van der Waals surface area contributed by atoms with E-state index in [1.165, 1.54) is 36.8 Å². The van der Waals surface area contributed by atoms with Gasteiger partial charge in [-0.2, -0.15) is 4.31 Å². The van der Waals surface area contributed by atoms with Gasteiger partial charge in [0.05, 0.1) is 26.1 Å². The fourth-order valence-corrected chi connectivity index (χ4v) is 6.75. The third kappa shape index (κ3) is 6.60. The minimum atomic E-state index is -3.14. The van der Waals surface area contributed by atoms with Crippen LogP contribution in [0.4, 0.5) is 0 Å². The van der Waals surface area contributed by atoms with Crippen LogP contribution in [0.1, 0.15) is 43.7 Å². The van der Waals surface area contributed by atoms with Crippen LogP contribution < -0.4 is 15.4 Å². The van der Waals surface area contributed by atoms with E-state index < -0.39 is 10.0 Å². The van der Waals surface area contributed by atoms with Crippen LogP contribution in [0.3, 0.4) is 0 Å². The van der Waals surface area contributed by atoms with Gasteiger partial charge in [0.1, 0.15) is 11.5 Å². The van der Waals surface area contributed by atoms with Crippen molar-refractivity contribution in [3.05, 3.63) is 41.2 Å². The highest BCUT2D eigenvalue weighted by Gasteiger charge is 2.35. The van der Waals surface area contributed by atoms with Gasteiger partial charge >= 0.3 is 0 Å². The van der Waals surface area contributed by atoms with Gasteiger partial charge in [-0.3, -0.25) is 10.2 Å². The molecule has 10 heteroatoms. The summed E-state index contributed by atoms with van der Waals surface area (Å²) in [7, 11) is -3.14. The number of morpholine rings is 1. The average molecular weight is 534 g/mol. The third-order valence-electron chi connectivity index (χ3n) is 8.45. The Morgan fingerprint density at radius 1 is 1.11 bits per heavy atom. The Morgan fingerprint density at radius 2 is 1.89 bits per heavy atom. The average Bonchev–Trinajstić information content (AvgIpc) is 2.91. The number of benzene rings is 1. The largest absolute Gasteiger partial charge is 0.494 e. The molecule has 206 valence electrons. The SMILES string of the molecule is CC1(N2CCOCC2)NC=C(N2CCC(CCCOc3ccc4c(c3)CCN(S(C)(=O)=O)C4)CC2)CN1. The van der Waals surface area contributed by atoms with Crippen molar-refractivity contribution in [2.45, 2.75) is 51.4 Å². The summed E-state index contributed by atoms with van der Waals surface area (Å²) in [4.78, 5) is 4.96. The monoisotopic (exact) mass is 533 g/mol. The maximum atomic E-state index is 11.8. The number of nitrogens with one attached hydrogen (secondary N) is 2. The smallest absolute Gasteiger partial charge is 0.211 e. The molecule has 4 aliphatic heterocycles. The molecule has 0 aliphatic carbocycles. The van der Waals surface area contributed by atoms with Crippen LogP contribution >= 0.6 is 0 Å². The van der Waals surface area contributed by atoms with Crippen molar-refractivity contribution < 1.29 is 17.9 Å². The highest BCUT2D eigenvalue weighted by Crippen LogP contribution is 2.27. The molecule has 4 heterocycles. The molecule has 0 bridgehead atoms. The summed E-state index contributed by atoms with van der Waals surface area (Å²) in [6.45, 7) is 10.6. The molecule has 2 N–H and O–H groups in total. The van der Waals surface area contributed by atoms with Gasteiger partial charge in [0, 0.05) is 57.7 Å². The van der Waals surface area contributed by atoms with E-state index in [0.29, 0.717) is 13.1 Å². The first-order valence-electron chi connectivity index (χ1n) is 13.8. The number of fused-ring (bicyclic) bond motifs is 1. The lowest BCUT2D eigenvalue weighted by atomic mass is 9.92. The molecule has 0 spiro atoms. The molecule has 4 aliphatic rings. The van der Waals surface area contributed by atoms with Crippen molar-refractivity contribution in [2.24, 2.45) is 5.92 Å². The number of hydrogen-bond donors (Lipinski definition) is 2. The van der Waals surface area contributed by atoms with Gasteiger partial charge in [0.2, 0.25) is 10.0 Å². The van der Waals surface area contributed by atoms with Crippen LogP contribution in [0.5, 0.6) is 5.75 Å². The molecule has 2 saturated heterocycles. The molecule has 0 aromatic heterocycles. The maximum Gasteiger partial charge on any atom is 0.211 e. The second-order valence-corrected chi connectivity index (χ2v) is 13.0. The second kappa shape index (κ2) is 11.5. The zero-order valence-corrected chi connectivity index (χ0v) is 23.2. The van der Waals surface area contributed by atoms with Crippen molar-refractivity contribution in [3.8, 4) is 5.75 Å². The molecule has 5 rings (SSSR count). The number of rotatable bonds is 8. The van der Waals surface area contributed by atoms with Crippen molar-refractivity contribution in [1.29, 1.82) is 0 Å². The zero-order valence-electron chi connectivity index (χ0n) is 22.4. The van der Waals surface area contributed by atoms with E-state index in [2.05, 4.69) is 39.6 Å². The number of likely N-dealkylation sites (tertiary alicyclic amines) is 1. The minimum Gasteiger partial charge on any atom is -0.494 e. The Balaban J connectivity index is 1.01. The maximum absolute atomic E-state index is 11.8. The Kier molecular flexibility index (Phi) is 8.31. The van der Waals surface area contributed by atoms with Gasteiger partial charge in [-0.05, 0) is 68.2 Å². The first-order chi connectivity index (χ1) is 17.8. The number of piperidine rings is 1. The van der Waals surface area contributed by atoms with E-state index in [9.17, 15) is 8.42 Å². The molecular formula is C27H43N5O4S. The minimum absolute atomic E-state index is 0.194. The molecule has 9 nitrogen and oxygen atoms in total. The molecule has 1 unspecified atom stereocenters. The van der Waals surface area contributed by atoms with Gasteiger partial charge in [-0.1, -0.05) is 6.07 Å². The van der Waals surface area contributed by atoms with Crippen molar-refractivity contribution in [3.63, 3.8) is 0 Å². The Labute approximate surface area is 222 Å². The molecule has 0 radical (unpaired) electrons. The van der Waals surface area contributed by atoms with Crippen molar-refractivity contribution in [1.82, 2.24) is 24.7 Å². The lowest BCUT2D eigenvalue weighted by molar-refractivity contribution is -0.0415. The van der Waals surface area contributed by atoms with E-state index in [-0.39, 0.29) is 5.79 Å². The second-order valence-electron chi connectivity index (χ2n) is 11.0. The fraction of sp³-hybridized carbons (Fsp3) is 0.704. The lowest BCUT2D eigenvalue weighted by Gasteiger charge is -2.47. The standard InChI is InChI=1S/C27H43N5O4S/c1-27(31-13-16-35-17-14-31)28-19-25(20-29-27)30-10-7-22(8-11-30)4-3-15-36-26-6-5-24-21-32(37(2,33)34)12-9-23(24)18-26/h5-6,18-19,22,28-29H,3-4,7-17,20-21H2,1-2H3. The Morgan fingerprint density at radius 3 is 2.59 bits per heavy atom. The van der Waals surface area contributed by atoms with Gasteiger partial charge in [0.25, 0.3) is 0 Å². The molecule has 0 saturated carbocycles. The van der Waals surface area contributed by atoms with E-state index in [4.69, 9.17) is 9.47 Å². The zero-order chi connectivity index (χ0) is 25.9. The van der Waals surface area contributed by atoms with Gasteiger partial charge in [0.15, 0.2) is 0 Å². The van der Waals surface area contributed by atoms with Crippen LogP contribution in [0.2, 0.25) is 0 Å². The molecule has 0 amide bonds. The highest BCUT2D eigenvalue weighted by atomic mass is 32.2. The number of hydrogen-bond acceptors (Lipinski definition) is 8. The summed E-state index contributed by atoms with van der Waals surface area (Å²) in [6, 6.07) is 6.09. The number of sulfonamides is 1. The first-order valence-corrected chi connectivity index (χ1v) is 15.6. The van der Waals surface area contributed by atoms with Crippen molar-refractivity contribution in [2.75, 3.05) is 65.3 Å². The molecule has 37 heavy (non-hydrogen) atoms. The third-order valence-corrected chi connectivity index (χ3v) is 9.70. The van der Waals surface area contributed by atoms with E-state index in [1.807, 2.05) is 12.1 Å². The molecule has 1 aromatic rings. The predicted octanol–water partition coefficient (Wildman–Crippen LogP) is 1.92. The summed E-state index contributed by atoms with van der Waals surface area (Å²) < 4.78 is 36.8. The summed E-state index contributed by atoms with van der Waals surface area (Å²) in [5.74, 6) is 1.46. The van der Waals surface area contributed by atoms with E-state index in [1.54, 1.807) is 4.31 Å². The van der Waals surface area contributed by atoms with Crippen LogP contribution in [-0.4, -0.2) is 93.7 Å². The van der Waals surface area contributed by atoms with Crippen LogP contribution in [-0.2, 0) is 27.7 Å². The molecule has 1 atom stereocenters. The summed E-state index contributed by atoms with van der Waals surface area (Å²) in [5.41, 5.74) is 3.65. The van der Waals surface area contributed by atoms with Gasteiger partial charge in [-0.25, -0.2) is 8.42 Å². The summed E-state index contributed by atoms with van der Waals surface area (Å²) in [5, 5.41) is 7.33. The van der Waals surface area contributed by atoms with Crippen LogP contribution in [0, 0.1) is 5.92 Å². The van der Waals surface area contributed by atoms with Gasteiger partial charge < -0.3 is 19.7 Å². The van der Waals surface area contributed by atoms with Crippen molar-refractivity contribution >= 4 is 10.0 Å². The lowest BCUT2D eigenvalue weighted by Crippen LogP contribution is -2.69. The number of ether oxygens (including phenoxy) is 2. The number of nitrogens with zero attached hydrogens (tertiary/aromatic N) is 3. The predicted molar refractivity (Wildman–Crippen MR) is 144 cm³/mol. The summed E-state index contributed by atoms with van der Waals surface area (Å²) in [6.07, 6.45) is 8.97. The Hall–Kier alpha value is -1.85. The van der Waals surface area contributed by atoms with Crippen LogP contribution in [0.15, 0.2) is 30.1 Å². The first kappa shape index (κ1) is 26.7. The Bertz CT molecular complexity index is 1070. The van der Waals surface area contributed by atoms with E-state index >= 15 is 0 Å². The highest BCUT2D eigenvalue weighted by molar-refractivity contribution is 7.88. The molecular weight excluding hydrogens is 490 g/mol. The van der Waals surface area contributed by atoms with E-state index in [0.717, 1.165) is 82.6 Å².